The normalized spacial score (nSPS) is 24.2. The van der Waals surface area contributed by atoms with Gasteiger partial charge < -0.3 is 19.1 Å². The van der Waals surface area contributed by atoms with E-state index in [9.17, 15) is 9.59 Å². The van der Waals surface area contributed by atoms with Crippen LogP contribution in [0.5, 0.6) is 0 Å². The van der Waals surface area contributed by atoms with Crippen molar-refractivity contribution in [1.29, 1.82) is 0 Å². The lowest BCUT2D eigenvalue weighted by molar-refractivity contribution is -0.122. The van der Waals surface area contributed by atoms with E-state index in [0.29, 0.717) is 48.2 Å². The zero-order chi connectivity index (χ0) is 23.0. The molecule has 3 unspecified atom stereocenters. The van der Waals surface area contributed by atoms with E-state index in [-0.39, 0.29) is 30.4 Å². The van der Waals surface area contributed by atoms with Crippen LogP contribution in [-0.2, 0) is 25.4 Å². The summed E-state index contributed by atoms with van der Waals surface area (Å²) in [7, 11) is 3.19. The number of allylic oxidation sites excluding steroid dienone is 1. The molecule has 0 spiro atoms. The summed E-state index contributed by atoms with van der Waals surface area (Å²) < 4.78 is 16.8. The third-order valence-corrected chi connectivity index (χ3v) is 7.03. The summed E-state index contributed by atoms with van der Waals surface area (Å²) in [6.07, 6.45) is 3.07. The van der Waals surface area contributed by atoms with Gasteiger partial charge in [-0.25, -0.2) is 4.99 Å². The fourth-order valence-corrected chi connectivity index (χ4v) is 5.31. The van der Waals surface area contributed by atoms with Gasteiger partial charge in [-0.2, -0.15) is 0 Å². The molecule has 0 bridgehead atoms. The second-order valence-electron chi connectivity index (χ2n) is 8.63. The van der Waals surface area contributed by atoms with Crippen LogP contribution < -0.4 is 0 Å². The number of amides is 2. The molecule has 1 aromatic carbocycles. The highest BCUT2D eigenvalue weighted by Gasteiger charge is 2.37. The highest BCUT2D eigenvalue weighted by atomic mass is 35.5. The van der Waals surface area contributed by atoms with Gasteiger partial charge >= 0.3 is 0 Å². The summed E-state index contributed by atoms with van der Waals surface area (Å²) in [5, 5.41) is 0.436. The highest BCUT2D eigenvalue weighted by Crippen LogP contribution is 2.40. The van der Waals surface area contributed by atoms with E-state index in [2.05, 4.69) is 4.99 Å². The quantitative estimate of drug-likeness (QED) is 0.649. The summed E-state index contributed by atoms with van der Waals surface area (Å²) in [5.41, 5.74) is 3.93. The molecule has 3 aliphatic heterocycles. The number of carbonyl (C=O) groups is 2. The lowest BCUT2D eigenvalue weighted by Crippen LogP contribution is -2.43. The molecule has 0 aliphatic carbocycles. The number of aliphatic imine (C=N–C) groups is 1. The number of hydrogen-bond acceptors (Lipinski definition) is 5. The maximum atomic E-state index is 13.6. The lowest BCUT2D eigenvalue weighted by atomic mass is 9.87. The Kier molecular flexibility index (Phi) is 6.70. The molecule has 0 radical (unpaired) electrons. The second-order valence-corrected chi connectivity index (χ2v) is 9.00. The monoisotopic (exact) mass is 460 g/mol. The van der Waals surface area contributed by atoms with Gasteiger partial charge in [-0.3, -0.25) is 9.59 Å². The molecule has 0 N–H and O–H groups in total. The maximum absolute atomic E-state index is 13.6. The van der Waals surface area contributed by atoms with Crippen molar-refractivity contribution in [2.75, 3.05) is 40.5 Å². The molecule has 7 nitrogen and oxygen atoms in total. The molecule has 1 fully saturated rings. The zero-order valence-corrected chi connectivity index (χ0v) is 19.7. The Hall–Kier alpha value is -2.22. The minimum absolute atomic E-state index is 0.173. The smallest absolute Gasteiger partial charge is 0.258 e. The van der Waals surface area contributed by atoms with Crippen molar-refractivity contribution >= 4 is 29.1 Å². The molecule has 172 valence electrons. The molecule has 8 heteroatoms. The number of rotatable bonds is 6. The molecule has 1 aromatic rings. The van der Waals surface area contributed by atoms with Gasteiger partial charge in [0, 0.05) is 44.0 Å². The molecular formula is C24H29ClN2O5. The topological polar surface area (TPSA) is 77.4 Å². The van der Waals surface area contributed by atoms with Gasteiger partial charge in [0.2, 0.25) is 0 Å². The SMILES string of the molecule is COC1=CC(C)=NC(=O)C1CN1CCc2c(C)cc(C(OC)C3CCOC3)c(Cl)c2C1=O. The molecule has 0 aromatic heterocycles. The first-order valence-corrected chi connectivity index (χ1v) is 11.3. The van der Waals surface area contributed by atoms with E-state index in [4.69, 9.17) is 25.8 Å². The number of ether oxygens (including phenoxy) is 3. The van der Waals surface area contributed by atoms with Crippen LogP contribution in [0.4, 0.5) is 0 Å². The Balaban J connectivity index is 1.65. The number of nitrogens with zero attached hydrogens (tertiary/aromatic N) is 2. The Morgan fingerprint density at radius 1 is 1.31 bits per heavy atom. The van der Waals surface area contributed by atoms with Crippen molar-refractivity contribution in [2.24, 2.45) is 16.8 Å². The number of aryl methyl sites for hydroxylation is 1. The lowest BCUT2D eigenvalue weighted by Gasteiger charge is -2.34. The van der Waals surface area contributed by atoms with E-state index in [1.165, 1.54) is 7.11 Å². The average molecular weight is 461 g/mol. The van der Waals surface area contributed by atoms with Crippen molar-refractivity contribution in [3.63, 3.8) is 0 Å². The summed E-state index contributed by atoms with van der Waals surface area (Å²) in [6, 6.07) is 2.05. The second kappa shape index (κ2) is 9.33. The summed E-state index contributed by atoms with van der Waals surface area (Å²) in [5.74, 6) is -0.358. The summed E-state index contributed by atoms with van der Waals surface area (Å²) in [4.78, 5) is 31.9. The van der Waals surface area contributed by atoms with Gasteiger partial charge in [0.25, 0.3) is 11.8 Å². The van der Waals surface area contributed by atoms with E-state index in [1.807, 2.05) is 13.0 Å². The Morgan fingerprint density at radius 2 is 2.09 bits per heavy atom. The number of dihydropyridines is 1. The molecule has 0 saturated carbocycles. The third kappa shape index (κ3) is 4.09. The molecular weight excluding hydrogens is 432 g/mol. The molecule has 1 saturated heterocycles. The van der Waals surface area contributed by atoms with Crippen LogP contribution in [0.15, 0.2) is 22.9 Å². The predicted octanol–water partition coefficient (Wildman–Crippen LogP) is 3.52. The number of halogens is 1. The standard InChI is InChI=1S/C24H29ClN2O5/c1-13-9-17(22(31-4)15-6-8-32-12-15)21(25)20-16(13)5-7-27(24(20)29)11-18-19(30-3)10-14(2)26-23(18)28/h9-10,15,18,22H,5-8,11-12H2,1-4H3. The van der Waals surface area contributed by atoms with Crippen molar-refractivity contribution in [3.8, 4) is 0 Å². The van der Waals surface area contributed by atoms with Gasteiger partial charge in [-0.1, -0.05) is 17.7 Å². The van der Waals surface area contributed by atoms with Crippen molar-refractivity contribution in [3.05, 3.63) is 45.2 Å². The van der Waals surface area contributed by atoms with Crippen molar-refractivity contribution in [1.82, 2.24) is 4.90 Å². The van der Waals surface area contributed by atoms with E-state index in [0.717, 1.165) is 23.1 Å². The van der Waals surface area contributed by atoms with Crippen LogP contribution >= 0.6 is 11.6 Å². The van der Waals surface area contributed by atoms with Gasteiger partial charge in [0.15, 0.2) is 0 Å². The first-order valence-electron chi connectivity index (χ1n) is 10.9. The number of benzene rings is 1. The molecule has 3 heterocycles. The van der Waals surface area contributed by atoms with Crippen LogP contribution in [-0.4, -0.2) is 62.9 Å². The molecule has 3 atom stereocenters. The van der Waals surface area contributed by atoms with Gasteiger partial charge in [0.1, 0.15) is 11.7 Å². The average Bonchev–Trinajstić information content (AvgIpc) is 3.29. The molecule has 32 heavy (non-hydrogen) atoms. The molecule has 4 rings (SSSR count). The summed E-state index contributed by atoms with van der Waals surface area (Å²) >= 11 is 6.86. The van der Waals surface area contributed by atoms with Crippen LogP contribution in [0.2, 0.25) is 5.02 Å². The Labute approximate surface area is 193 Å². The largest absolute Gasteiger partial charge is 0.500 e. The van der Waals surface area contributed by atoms with Crippen molar-refractivity contribution < 1.29 is 23.8 Å². The number of methoxy groups -OCH3 is 2. The number of carbonyl (C=O) groups excluding carboxylic acids is 2. The molecule has 3 aliphatic rings. The van der Waals surface area contributed by atoms with Gasteiger partial charge in [-0.15, -0.1) is 0 Å². The summed E-state index contributed by atoms with van der Waals surface area (Å²) in [6.45, 7) is 5.79. The fraction of sp³-hybridized carbons (Fsp3) is 0.542. The first kappa shape index (κ1) is 23.0. The Morgan fingerprint density at radius 3 is 2.75 bits per heavy atom. The highest BCUT2D eigenvalue weighted by molar-refractivity contribution is 6.35. The fourth-order valence-electron chi connectivity index (χ4n) is 4.96. The Bertz CT molecular complexity index is 997. The molecule has 2 amide bonds. The van der Waals surface area contributed by atoms with Crippen LogP contribution in [0, 0.1) is 18.8 Å². The van der Waals surface area contributed by atoms with E-state index >= 15 is 0 Å². The van der Waals surface area contributed by atoms with Gasteiger partial charge in [0.05, 0.1) is 30.4 Å². The van der Waals surface area contributed by atoms with Gasteiger partial charge in [-0.05, 0) is 43.9 Å². The van der Waals surface area contributed by atoms with E-state index < -0.39 is 5.92 Å². The van der Waals surface area contributed by atoms with E-state index in [1.54, 1.807) is 25.0 Å². The van der Waals surface area contributed by atoms with Crippen LogP contribution in [0.1, 0.15) is 46.5 Å². The zero-order valence-electron chi connectivity index (χ0n) is 18.9. The minimum atomic E-state index is -0.611. The van der Waals surface area contributed by atoms with Crippen LogP contribution in [0.3, 0.4) is 0 Å². The van der Waals surface area contributed by atoms with Crippen LogP contribution in [0.25, 0.3) is 0 Å². The third-order valence-electron chi connectivity index (χ3n) is 6.63. The van der Waals surface area contributed by atoms with Crippen molar-refractivity contribution in [2.45, 2.75) is 32.8 Å². The number of hydrogen-bond donors (Lipinski definition) is 0. The maximum Gasteiger partial charge on any atom is 0.258 e. The first-order chi connectivity index (χ1) is 15.3. The minimum Gasteiger partial charge on any atom is -0.500 e. The number of fused-ring (bicyclic) bond motifs is 1. The predicted molar refractivity (Wildman–Crippen MR) is 121 cm³/mol.